The number of hydrogen-bond acceptors (Lipinski definition) is 3. The molecule has 0 radical (unpaired) electrons. The highest BCUT2D eigenvalue weighted by Gasteiger charge is 2.21. The summed E-state index contributed by atoms with van der Waals surface area (Å²) in [6, 6.07) is 2.07. The van der Waals surface area contributed by atoms with E-state index in [9.17, 15) is 0 Å². The van der Waals surface area contributed by atoms with Crippen LogP contribution in [-0.4, -0.2) is 29.2 Å². The summed E-state index contributed by atoms with van der Waals surface area (Å²) in [5, 5.41) is 10.8. The SMILES string of the molecule is CCC(C)(C)N(C)Cc1sccc1C#CCCO. The Morgan fingerprint density at radius 3 is 2.78 bits per heavy atom. The maximum Gasteiger partial charge on any atom is 0.0540 e. The molecule has 0 fully saturated rings. The molecule has 0 aromatic carbocycles. The molecule has 0 aliphatic heterocycles. The van der Waals surface area contributed by atoms with E-state index in [0.29, 0.717) is 6.42 Å². The molecule has 1 rings (SSSR count). The van der Waals surface area contributed by atoms with E-state index < -0.39 is 0 Å². The second-order valence-electron chi connectivity index (χ2n) is 5.05. The summed E-state index contributed by atoms with van der Waals surface area (Å²) in [5.74, 6) is 6.13. The van der Waals surface area contributed by atoms with E-state index in [-0.39, 0.29) is 12.1 Å². The number of aliphatic hydroxyl groups excluding tert-OH is 1. The van der Waals surface area contributed by atoms with E-state index in [1.165, 1.54) is 4.88 Å². The molecule has 0 unspecified atom stereocenters. The third kappa shape index (κ3) is 4.13. The van der Waals surface area contributed by atoms with Gasteiger partial charge in [-0.15, -0.1) is 11.3 Å². The van der Waals surface area contributed by atoms with Gasteiger partial charge in [-0.25, -0.2) is 0 Å². The fourth-order valence-electron chi connectivity index (χ4n) is 1.49. The Labute approximate surface area is 115 Å². The van der Waals surface area contributed by atoms with Gasteiger partial charge in [0.1, 0.15) is 0 Å². The lowest BCUT2D eigenvalue weighted by atomic mass is 10.00. The predicted molar refractivity (Wildman–Crippen MR) is 78.7 cm³/mol. The minimum atomic E-state index is 0.134. The first-order valence-electron chi connectivity index (χ1n) is 6.38. The van der Waals surface area contributed by atoms with Crippen molar-refractivity contribution in [1.82, 2.24) is 4.90 Å². The molecule has 1 N–H and O–H groups in total. The molecule has 100 valence electrons. The van der Waals surface area contributed by atoms with Gasteiger partial charge in [0.05, 0.1) is 6.61 Å². The van der Waals surface area contributed by atoms with Crippen LogP contribution in [0.4, 0.5) is 0 Å². The molecule has 0 aliphatic carbocycles. The van der Waals surface area contributed by atoms with Gasteiger partial charge in [-0.2, -0.15) is 0 Å². The quantitative estimate of drug-likeness (QED) is 0.827. The fraction of sp³-hybridized carbons (Fsp3) is 0.600. The van der Waals surface area contributed by atoms with Crippen LogP contribution in [0, 0.1) is 11.8 Å². The molecule has 1 heterocycles. The van der Waals surface area contributed by atoms with Crippen molar-refractivity contribution in [3.05, 3.63) is 21.9 Å². The molecule has 0 spiro atoms. The maximum absolute atomic E-state index is 8.74. The minimum Gasteiger partial charge on any atom is -0.395 e. The number of rotatable bonds is 5. The summed E-state index contributed by atoms with van der Waals surface area (Å²) in [6.07, 6.45) is 1.67. The summed E-state index contributed by atoms with van der Waals surface area (Å²) < 4.78 is 0. The summed E-state index contributed by atoms with van der Waals surface area (Å²) in [4.78, 5) is 3.68. The topological polar surface area (TPSA) is 23.5 Å². The summed E-state index contributed by atoms with van der Waals surface area (Å²) in [7, 11) is 2.16. The predicted octanol–water partition coefficient (Wildman–Crippen LogP) is 3.10. The smallest absolute Gasteiger partial charge is 0.0540 e. The number of hydrogen-bond donors (Lipinski definition) is 1. The molecule has 0 saturated heterocycles. The third-order valence-electron chi connectivity index (χ3n) is 3.48. The molecule has 0 saturated carbocycles. The average molecular weight is 265 g/mol. The van der Waals surface area contributed by atoms with Crippen molar-refractivity contribution >= 4 is 11.3 Å². The summed E-state index contributed by atoms with van der Waals surface area (Å²) in [6.45, 7) is 7.80. The van der Waals surface area contributed by atoms with Gasteiger partial charge in [-0.1, -0.05) is 18.8 Å². The zero-order chi connectivity index (χ0) is 13.6. The minimum absolute atomic E-state index is 0.134. The lowest BCUT2D eigenvalue weighted by Crippen LogP contribution is -2.39. The highest BCUT2D eigenvalue weighted by Crippen LogP contribution is 2.23. The first-order chi connectivity index (χ1) is 8.51. The monoisotopic (exact) mass is 265 g/mol. The Bertz CT molecular complexity index is 425. The second-order valence-corrected chi connectivity index (χ2v) is 6.06. The molecule has 0 aliphatic rings. The van der Waals surface area contributed by atoms with E-state index in [2.05, 4.69) is 56.0 Å². The van der Waals surface area contributed by atoms with E-state index >= 15 is 0 Å². The Kier molecular flexibility index (Phi) is 5.87. The van der Waals surface area contributed by atoms with Gasteiger partial charge in [-0.3, -0.25) is 4.90 Å². The maximum atomic E-state index is 8.74. The highest BCUT2D eigenvalue weighted by molar-refractivity contribution is 7.10. The molecule has 0 atom stereocenters. The molecule has 1 aromatic heterocycles. The van der Waals surface area contributed by atoms with Gasteiger partial charge in [0.15, 0.2) is 0 Å². The molecule has 3 heteroatoms. The molecule has 2 nitrogen and oxygen atoms in total. The number of nitrogens with zero attached hydrogens (tertiary/aromatic N) is 1. The first-order valence-corrected chi connectivity index (χ1v) is 7.26. The standard InChI is InChI=1S/C15H23NOS/c1-5-15(2,3)16(4)12-14-13(9-11-18-14)8-6-7-10-17/h9,11,17H,5,7,10,12H2,1-4H3. The summed E-state index contributed by atoms with van der Waals surface area (Å²) in [5.41, 5.74) is 1.31. The van der Waals surface area contributed by atoms with Gasteiger partial charge < -0.3 is 5.11 Å². The van der Waals surface area contributed by atoms with Crippen LogP contribution in [0.5, 0.6) is 0 Å². The molecule has 0 bridgehead atoms. The Balaban J connectivity index is 2.75. The van der Waals surface area contributed by atoms with Crippen LogP contribution in [0.2, 0.25) is 0 Å². The Hall–Kier alpha value is -0.820. The van der Waals surface area contributed by atoms with Crippen LogP contribution in [0.15, 0.2) is 11.4 Å². The van der Waals surface area contributed by atoms with Crippen molar-refractivity contribution in [2.45, 2.75) is 45.7 Å². The largest absolute Gasteiger partial charge is 0.395 e. The van der Waals surface area contributed by atoms with Crippen molar-refractivity contribution in [1.29, 1.82) is 0 Å². The van der Waals surface area contributed by atoms with Crippen LogP contribution in [-0.2, 0) is 6.54 Å². The fourth-order valence-corrected chi connectivity index (χ4v) is 2.37. The van der Waals surface area contributed by atoms with Gasteiger partial charge in [0.25, 0.3) is 0 Å². The third-order valence-corrected chi connectivity index (χ3v) is 4.39. The molecule has 0 amide bonds. The van der Waals surface area contributed by atoms with Crippen LogP contribution in [0.1, 0.15) is 44.1 Å². The zero-order valence-electron chi connectivity index (χ0n) is 11.8. The van der Waals surface area contributed by atoms with E-state index in [0.717, 1.165) is 18.5 Å². The Morgan fingerprint density at radius 2 is 2.17 bits per heavy atom. The van der Waals surface area contributed by atoms with Crippen molar-refractivity contribution < 1.29 is 5.11 Å². The molecular formula is C15H23NOS. The first kappa shape index (κ1) is 15.2. The Morgan fingerprint density at radius 1 is 1.44 bits per heavy atom. The lowest BCUT2D eigenvalue weighted by molar-refractivity contribution is 0.144. The zero-order valence-corrected chi connectivity index (χ0v) is 12.6. The van der Waals surface area contributed by atoms with Gasteiger partial charge >= 0.3 is 0 Å². The molecule has 1 aromatic rings. The lowest BCUT2D eigenvalue weighted by Gasteiger charge is -2.34. The van der Waals surface area contributed by atoms with Crippen molar-refractivity contribution in [3.8, 4) is 11.8 Å². The van der Waals surface area contributed by atoms with Crippen LogP contribution in [0.3, 0.4) is 0 Å². The average Bonchev–Trinajstić information content (AvgIpc) is 2.77. The van der Waals surface area contributed by atoms with Gasteiger partial charge in [0, 0.05) is 28.9 Å². The highest BCUT2D eigenvalue weighted by atomic mass is 32.1. The number of aliphatic hydroxyl groups is 1. The van der Waals surface area contributed by atoms with Gasteiger partial charge in [-0.05, 0) is 38.8 Å². The van der Waals surface area contributed by atoms with Crippen LogP contribution < -0.4 is 0 Å². The molecular weight excluding hydrogens is 242 g/mol. The van der Waals surface area contributed by atoms with Crippen LogP contribution >= 0.6 is 11.3 Å². The van der Waals surface area contributed by atoms with E-state index in [1.54, 1.807) is 11.3 Å². The van der Waals surface area contributed by atoms with E-state index in [1.807, 2.05) is 0 Å². The normalized spacial score (nSPS) is 11.4. The van der Waals surface area contributed by atoms with Crippen molar-refractivity contribution in [2.24, 2.45) is 0 Å². The molecule has 18 heavy (non-hydrogen) atoms. The van der Waals surface area contributed by atoms with E-state index in [4.69, 9.17) is 5.11 Å². The second kappa shape index (κ2) is 6.94. The van der Waals surface area contributed by atoms with Crippen LogP contribution in [0.25, 0.3) is 0 Å². The van der Waals surface area contributed by atoms with Crippen molar-refractivity contribution in [2.75, 3.05) is 13.7 Å². The summed E-state index contributed by atoms with van der Waals surface area (Å²) >= 11 is 1.76. The number of thiophene rings is 1. The van der Waals surface area contributed by atoms with Crippen molar-refractivity contribution in [3.63, 3.8) is 0 Å². The van der Waals surface area contributed by atoms with Gasteiger partial charge in [0.2, 0.25) is 0 Å².